The van der Waals surface area contributed by atoms with Gasteiger partial charge in [0.2, 0.25) is 0 Å². The van der Waals surface area contributed by atoms with Crippen molar-refractivity contribution in [3.8, 4) is 22.5 Å². The van der Waals surface area contributed by atoms with Crippen molar-refractivity contribution in [3.63, 3.8) is 0 Å². The summed E-state index contributed by atoms with van der Waals surface area (Å²) in [6.45, 7) is 0.539. The fourth-order valence-electron chi connectivity index (χ4n) is 4.82. The minimum atomic E-state index is -0.0307. The van der Waals surface area contributed by atoms with Crippen LogP contribution in [0.1, 0.15) is 54.1 Å². The molecule has 0 radical (unpaired) electrons. The summed E-state index contributed by atoms with van der Waals surface area (Å²) in [6.07, 6.45) is 12.0. The first-order valence-electron chi connectivity index (χ1n) is 10.8. The molecule has 156 valence electrons. The van der Waals surface area contributed by atoms with E-state index in [4.69, 9.17) is 10.2 Å². The summed E-state index contributed by atoms with van der Waals surface area (Å²) in [6, 6.07) is 8.23. The van der Waals surface area contributed by atoms with E-state index in [2.05, 4.69) is 26.3 Å². The number of nitrogens with two attached hydrogens (primary N) is 1. The second kappa shape index (κ2) is 6.97. The Labute approximate surface area is 179 Å². The molecule has 0 bridgehead atoms. The van der Waals surface area contributed by atoms with Crippen LogP contribution in [0.3, 0.4) is 0 Å². The second-order valence-corrected chi connectivity index (χ2v) is 8.47. The van der Waals surface area contributed by atoms with Gasteiger partial charge in [0.15, 0.2) is 11.4 Å². The van der Waals surface area contributed by atoms with Crippen LogP contribution in [0.4, 0.5) is 5.82 Å². The van der Waals surface area contributed by atoms with Gasteiger partial charge in [0.05, 0.1) is 12.2 Å². The predicted molar refractivity (Wildman–Crippen MR) is 118 cm³/mol. The maximum absolute atomic E-state index is 11.8. The highest BCUT2D eigenvalue weighted by Crippen LogP contribution is 2.38. The Bertz CT molecular complexity index is 1310. The number of nitrogens with zero attached hydrogens (tertiary/aromatic N) is 3. The van der Waals surface area contributed by atoms with Crippen molar-refractivity contribution < 1.29 is 9.21 Å². The summed E-state index contributed by atoms with van der Waals surface area (Å²) in [5.74, 6) is 1.04. The molecule has 4 heterocycles. The van der Waals surface area contributed by atoms with Crippen LogP contribution in [0.25, 0.3) is 33.4 Å². The van der Waals surface area contributed by atoms with Crippen LogP contribution in [0.15, 0.2) is 47.3 Å². The Morgan fingerprint density at radius 1 is 1.06 bits per heavy atom. The zero-order valence-electron chi connectivity index (χ0n) is 17.1. The third kappa shape index (κ3) is 3.00. The standard InChI is InChI=1S/C24H23N5O2/c25-23-22-19(9-21(31-22)14-6-7-18-15(8-14)10-27-24(18)30)20(12-26-23)16-11-28-29(13-16)17-4-2-1-3-5-17/h6-9,11-13,17H,1-5,10H2,(H2,25,26)(H,27,30). The molecule has 0 atom stereocenters. The van der Waals surface area contributed by atoms with Crippen LogP contribution in [-0.2, 0) is 6.54 Å². The van der Waals surface area contributed by atoms with Gasteiger partial charge in [0.25, 0.3) is 5.91 Å². The summed E-state index contributed by atoms with van der Waals surface area (Å²) in [7, 11) is 0. The number of nitrogens with one attached hydrogen (secondary N) is 1. The van der Waals surface area contributed by atoms with Gasteiger partial charge in [-0.05, 0) is 36.6 Å². The number of rotatable bonds is 3. The van der Waals surface area contributed by atoms with Gasteiger partial charge in [0.1, 0.15) is 5.76 Å². The summed E-state index contributed by atoms with van der Waals surface area (Å²) in [5, 5.41) is 8.41. The number of amides is 1. The number of benzene rings is 1. The van der Waals surface area contributed by atoms with Gasteiger partial charge in [-0.2, -0.15) is 5.10 Å². The van der Waals surface area contributed by atoms with Gasteiger partial charge in [-0.1, -0.05) is 25.3 Å². The molecule has 3 aromatic heterocycles. The fraction of sp³-hybridized carbons (Fsp3) is 0.292. The Balaban J connectivity index is 1.41. The molecule has 6 rings (SSSR count). The van der Waals surface area contributed by atoms with E-state index >= 15 is 0 Å². The zero-order chi connectivity index (χ0) is 20.9. The quantitative estimate of drug-likeness (QED) is 0.508. The van der Waals surface area contributed by atoms with Crippen molar-refractivity contribution in [2.24, 2.45) is 0 Å². The molecule has 1 aliphatic heterocycles. The first kappa shape index (κ1) is 18.2. The molecule has 0 saturated heterocycles. The topological polar surface area (TPSA) is 99.0 Å². The summed E-state index contributed by atoms with van der Waals surface area (Å²) < 4.78 is 8.24. The Morgan fingerprint density at radius 3 is 2.81 bits per heavy atom. The highest BCUT2D eigenvalue weighted by molar-refractivity contribution is 6.01. The maximum Gasteiger partial charge on any atom is 0.251 e. The van der Waals surface area contributed by atoms with Crippen LogP contribution in [0.2, 0.25) is 0 Å². The molecular formula is C24H23N5O2. The molecule has 3 N–H and O–H groups in total. The van der Waals surface area contributed by atoms with Gasteiger partial charge in [-0.15, -0.1) is 0 Å². The lowest BCUT2D eigenvalue weighted by atomic mass is 9.96. The molecule has 0 unspecified atom stereocenters. The molecule has 1 saturated carbocycles. The van der Waals surface area contributed by atoms with Gasteiger partial charge in [-0.3, -0.25) is 9.48 Å². The van der Waals surface area contributed by atoms with Gasteiger partial charge in [-0.25, -0.2) is 4.98 Å². The van der Waals surface area contributed by atoms with E-state index in [-0.39, 0.29) is 5.91 Å². The highest BCUT2D eigenvalue weighted by Gasteiger charge is 2.22. The number of aromatic nitrogens is 3. The van der Waals surface area contributed by atoms with Crippen LogP contribution in [0.5, 0.6) is 0 Å². The number of nitrogen functional groups attached to an aromatic ring is 1. The Hall–Kier alpha value is -3.61. The maximum atomic E-state index is 11.8. The van der Waals surface area contributed by atoms with Crippen LogP contribution in [0, 0.1) is 0 Å². The normalized spacial score (nSPS) is 16.6. The van der Waals surface area contributed by atoms with Crippen LogP contribution in [-0.4, -0.2) is 20.7 Å². The number of anilines is 1. The van der Waals surface area contributed by atoms with Gasteiger partial charge < -0.3 is 15.5 Å². The average molecular weight is 413 g/mol. The Morgan fingerprint density at radius 2 is 1.94 bits per heavy atom. The second-order valence-electron chi connectivity index (χ2n) is 8.47. The lowest BCUT2D eigenvalue weighted by Crippen LogP contribution is -2.12. The SMILES string of the molecule is Nc1ncc(-c2cnn(C3CCCCC3)c2)c2cc(-c3ccc4c(c3)CNC4=O)oc12. The summed E-state index contributed by atoms with van der Waals surface area (Å²) in [4.78, 5) is 16.2. The predicted octanol–water partition coefficient (Wildman–Crippen LogP) is 4.69. The van der Waals surface area contributed by atoms with Crippen molar-refractivity contribution in [1.82, 2.24) is 20.1 Å². The van der Waals surface area contributed by atoms with Crippen LogP contribution >= 0.6 is 0 Å². The van der Waals surface area contributed by atoms with E-state index in [0.29, 0.717) is 29.7 Å². The molecule has 7 heteroatoms. The van der Waals surface area contributed by atoms with Crippen molar-refractivity contribution in [2.75, 3.05) is 5.73 Å². The molecule has 0 spiro atoms. The minimum Gasteiger partial charge on any atom is -0.452 e. The van der Waals surface area contributed by atoms with E-state index in [0.717, 1.165) is 33.2 Å². The smallest absolute Gasteiger partial charge is 0.251 e. The van der Waals surface area contributed by atoms with Crippen molar-refractivity contribution in [1.29, 1.82) is 0 Å². The van der Waals surface area contributed by atoms with E-state index < -0.39 is 0 Å². The minimum absolute atomic E-state index is 0.0307. The average Bonchev–Trinajstić information content (AvgIpc) is 3.54. The Kier molecular flexibility index (Phi) is 4.09. The van der Waals surface area contributed by atoms with Gasteiger partial charge in [0, 0.05) is 46.6 Å². The van der Waals surface area contributed by atoms with Crippen molar-refractivity contribution in [3.05, 3.63) is 54.0 Å². The third-order valence-electron chi connectivity index (χ3n) is 6.52. The number of furan rings is 1. The third-order valence-corrected chi connectivity index (χ3v) is 6.52. The number of carbonyl (C=O) groups excluding carboxylic acids is 1. The van der Waals surface area contributed by atoms with E-state index in [9.17, 15) is 4.79 Å². The fourth-order valence-corrected chi connectivity index (χ4v) is 4.82. The molecule has 1 aromatic carbocycles. The first-order chi connectivity index (χ1) is 15.2. The van der Waals surface area contributed by atoms with Crippen molar-refractivity contribution >= 4 is 22.7 Å². The number of pyridine rings is 1. The van der Waals surface area contributed by atoms with Gasteiger partial charge >= 0.3 is 0 Å². The molecule has 1 aliphatic carbocycles. The number of fused-ring (bicyclic) bond motifs is 2. The number of hydrogen-bond acceptors (Lipinski definition) is 5. The largest absolute Gasteiger partial charge is 0.452 e. The number of carbonyl (C=O) groups is 1. The highest BCUT2D eigenvalue weighted by atomic mass is 16.3. The molecule has 2 aliphatic rings. The van der Waals surface area contributed by atoms with E-state index in [1.165, 1.54) is 32.1 Å². The summed E-state index contributed by atoms with van der Waals surface area (Å²) in [5.41, 5.74) is 11.3. The first-order valence-corrected chi connectivity index (χ1v) is 10.8. The molecule has 31 heavy (non-hydrogen) atoms. The monoisotopic (exact) mass is 413 g/mol. The van der Waals surface area contributed by atoms with E-state index in [1.54, 1.807) is 6.20 Å². The van der Waals surface area contributed by atoms with Crippen LogP contribution < -0.4 is 11.1 Å². The van der Waals surface area contributed by atoms with Crippen molar-refractivity contribution in [2.45, 2.75) is 44.7 Å². The lowest BCUT2D eigenvalue weighted by molar-refractivity contribution is 0.0965. The lowest BCUT2D eigenvalue weighted by Gasteiger charge is -2.21. The van der Waals surface area contributed by atoms with E-state index in [1.807, 2.05) is 30.5 Å². The molecular weight excluding hydrogens is 390 g/mol. The molecule has 7 nitrogen and oxygen atoms in total. The zero-order valence-corrected chi connectivity index (χ0v) is 17.1. The molecule has 4 aromatic rings. The number of hydrogen-bond donors (Lipinski definition) is 2. The molecule has 1 amide bonds. The summed E-state index contributed by atoms with van der Waals surface area (Å²) >= 11 is 0. The molecule has 1 fully saturated rings.